The van der Waals surface area contributed by atoms with Crippen molar-refractivity contribution in [1.29, 1.82) is 0 Å². The van der Waals surface area contributed by atoms with Crippen LogP contribution in [0.15, 0.2) is 12.7 Å². The molecule has 0 rings (SSSR count). The van der Waals surface area contributed by atoms with E-state index in [0.29, 0.717) is 6.04 Å². The van der Waals surface area contributed by atoms with E-state index in [-0.39, 0.29) is 0 Å². The first-order chi connectivity index (χ1) is 7.85. The van der Waals surface area contributed by atoms with E-state index in [2.05, 4.69) is 25.7 Å². The van der Waals surface area contributed by atoms with Gasteiger partial charge in [0, 0.05) is 6.04 Å². The first-order valence-electron chi connectivity index (χ1n) is 7.19. The molecule has 0 bridgehead atoms. The molecule has 1 heteroatoms. The summed E-state index contributed by atoms with van der Waals surface area (Å²) in [6, 6.07) is 0.670. The summed E-state index contributed by atoms with van der Waals surface area (Å²) in [7, 11) is 0. The Kier molecular flexibility index (Phi) is 12.5. The lowest BCUT2D eigenvalue weighted by Gasteiger charge is -2.16. The van der Waals surface area contributed by atoms with Gasteiger partial charge >= 0.3 is 0 Å². The van der Waals surface area contributed by atoms with Gasteiger partial charge in [-0.05, 0) is 25.8 Å². The average molecular weight is 225 g/mol. The Bertz CT molecular complexity index is 142. The lowest BCUT2D eigenvalue weighted by atomic mass is 10.0. The topological polar surface area (TPSA) is 12.0 Å². The Morgan fingerprint density at radius 2 is 1.69 bits per heavy atom. The molecule has 16 heavy (non-hydrogen) atoms. The minimum atomic E-state index is 0.670. The lowest BCUT2D eigenvalue weighted by molar-refractivity contribution is 0.455. The van der Waals surface area contributed by atoms with Crippen LogP contribution in [-0.4, -0.2) is 12.6 Å². The third kappa shape index (κ3) is 10.2. The first kappa shape index (κ1) is 15.7. The molecule has 0 aliphatic rings. The van der Waals surface area contributed by atoms with Crippen LogP contribution in [0, 0.1) is 0 Å². The van der Waals surface area contributed by atoms with E-state index in [9.17, 15) is 0 Å². The van der Waals surface area contributed by atoms with Crippen molar-refractivity contribution in [2.45, 2.75) is 77.7 Å². The third-order valence-electron chi connectivity index (χ3n) is 3.04. The van der Waals surface area contributed by atoms with Crippen molar-refractivity contribution in [3.05, 3.63) is 12.7 Å². The molecule has 0 aliphatic carbocycles. The van der Waals surface area contributed by atoms with Gasteiger partial charge in [0.1, 0.15) is 0 Å². The summed E-state index contributed by atoms with van der Waals surface area (Å²) in [6.07, 6.45) is 14.1. The van der Waals surface area contributed by atoms with Gasteiger partial charge in [0.25, 0.3) is 0 Å². The van der Waals surface area contributed by atoms with Crippen LogP contribution in [0.1, 0.15) is 71.6 Å². The molecule has 0 aromatic rings. The van der Waals surface area contributed by atoms with Gasteiger partial charge in [-0.15, -0.1) is 6.58 Å². The van der Waals surface area contributed by atoms with Gasteiger partial charge in [-0.25, -0.2) is 0 Å². The number of hydrogen-bond acceptors (Lipinski definition) is 1. The third-order valence-corrected chi connectivity index (χ3v) is 3.04. The van der Waals surface area contributed by atoms with E-state index in [4.69, 9.17) is 0 Å². The van der Waals surface area contributed by atoms with Gasteiger partial charge in [-0.2, -0.15) is 0 Å². The standard InChI is InChI=1S/C15H31N/c1-4-7-8-9-10-11-13-15(12-5-2)16-14-6-3/h5,15-16H,2,4,6-14H2,1,3H3. The zero-order valence-corrected chi connectivity index (χ0v) is 11.4. The maximum absolute atomic E-state index is 3.84. The van der Waals surface area contributed by atoms with Crippen molar-refractivity contribution in [2.24, 2.45) is 0 Å². The second-order valence-corrected chi connectivity index (χ2v) is 4.73. The van der Waals surface area contributed by atoms with Crippen LogP contribution in [0.3, 0.4) is 0 Å². The fraction of sp³-hybridized carbons (Fsp3) is 0.867. The molecule has 0 aliphatic heterocycles. The predicted molar refractivity (Wildman–Crippen MR) is 74.9 cm³/mol. The Balaban J connectivity index is 3.39. The Morgan fingerprint density at radius 1 is 1.00 bits per heavy atom. The van der Waals surface area contributed by atoms with E-state index in [1.807, 2.05) is 6.08 Å². The van der Waals surface area contributed by atoms with E-state index in [1.165, 1.54) is 51.4 Å². The molecule has 0 saturated heterocycles. The van der Waals surface area contributed by atoms with Crippen LogP contribution in [0.25, 0.3) is 0 Å². The summed E-state index contributed by atoms with van der Waals surface area (Å²) in [5, 5.41) is 3.60. The summed E-state index contributed by atoms with van der Waals surface area (Å²) >= 11 is 0. The van der Waals surface area contributed by atoms with Crippen LogP contribution >= 0.6 is 0 Å². The Labute approximate surface area is 103 Å². The predicted octanol–water partition coefficient (Wildman–Crippen LogP) is 4.68. The molecule has 1 unspecified atom stereocenters. The van der Waals surface area contributed by atoms with Crippen LogP contribution in [0.2, 0.25) is 0 Å². The fourth-order valence-electron chi connectivity index (χ4n) is 2.02. The molecule has 0 radical (unpaired) electrons. The molecule has 0 aromatic carbocycles. The number of hydrogen-bond donors (Lipinski definition) is 1. The highest BCUT2D eigenvalue weighted by molar-refractivity contribution is 4.77. The Morgan fingerprint density at radius 3 is 2.31 bits per heavy atom. The molecule has 0 heterocycles. The maximum atomic E-state index is 3.84. The van der Waals surface area contributed by atoms with E-state index in [1.54, 1.807) is 0 Å². The van der Waals surface area contributed by atoms with Crippen molar-refractivity contribution >= 4 is 0 Å². The minimum absolute atomic E-state index is 0.670. The first-order valence-corrected chi connectivity index (χ1v) is 7.19. The highest BCUT2D eigenvalue weighted by atomic mass is 14.9. The lowest BCUT2D eigenvalue weighted by Crippen LogP contribution is -2.29. The van der Waals surface area contributed by atoms with Gasteiger partial charge in [0.2, 0.25) is 0 Å². The fourth-order valence-corrected chi connectivity index (χ4v) is 2.02. The molecular weight excluding hydrogens is 194 g/mol. The average Bonchev–Trinajstić information content (AvgIpc) is 2.30. The van der Waals surface area contributed by atoms with Crippen molar-refractivity contribution in [3.8, 4) is 0 Å². The van der Waals surface area contributed by atoms with Crippen LogP contribution in [0.4, 0.5) is 0 Å². The summed E-state index contributed by atoms with van der Waals surface area (Å²) < 4.78 is 0. The highest BCUT2D eigenvalue weighted by Crippen LogP contribution is 2.10. The molecule has 0 aromatic heterocycles. The molecule has 1 atom stereocenters. The molecule has 0 amide bonds. The zero-order valence-electron chi connectivity index (χ0n) is 11.4. The van der Waals surface area contributed by atoms with E-state index in [0.717, 1.165) is 13.0 Å². The Hall–Kier alpha value is -0.300. The SMILES string of the molecule is C=CCC(CCCCCCCC)NCCC. The maximum Gasteiger partial charge on any atom is 0.0101 e. The van der Waals surface area contributed by atoms with Gasteiger partial charge in [0.15, 0.2) is 0 Å². The molecule has 0 fully saturated rings. The number of rotatable bonds is 12. The van der Waals surface area contributed by atoms with Crippen molar-refractivity contribution in [2.75, 3.05) is 6.54 Å². The summed E-state index contributed by atoms with van der Waals surface area (Å²) in [6.45, 7) is 9.48. The minimum Gasteiger partial charge on any atom is -0.314 e. The molecule has 1 nitrogen and oxygen atoms in total. The van der Waals surface area contributed by atoms with Gasteiger partial charge in [-0.3, -0.25) is 0 Å². The summed E-state index contributed by atoms with van der Waals surface area (Å²) in [4.78, 5) is 0. The quantitative estimate of drug-likeness (QED) is 0.375. The number of nitrogens with one attached hydrogen (secondary N) is 1. The number of unbranched alkanes of at least 4 members (excludes halogenated alkanes) is 5. The second-order valence-electron chi connectivity index (χ2n) is 4.73. The van der Waals surface area contributed by atoms with Crippen molar-refractivity contribution < 1.29 is 0 Å². The van der Waals surface area contributed by atoms with E-state index < -0.39 is 0 Å². The van der Waals surface area contributed by atoms with Gasteiger partial charge in [-0.1, -0.05) is 58.4 Å². The molecule has 1 N–H and O–H groups in total. The largest absolute Gasteiger partial charge is 0.314 e. The zero-order chi connectivity index (χ0) is 12.1. The highest BCUT2D eigenvalue weighted by Gasteiger charge is 2.04. The molecule has 0 saturated carbocycles. The van der Waals surface area contributed by atoms with Gasteiger partial charge < -0.3 is 5.32 Å². The normalized spacial score (nSPS) is 12.6. The molecular formula is C15H31N. The molecule has 96 valence electrons. The van der Waals surface area contributed by atoms with Crippen molar-refractivity contribution in [3.63, 3.8) is 0 Å². The van der Waals surface area contributed by atoms with E-state index >= 15 is 0 Å². The molecule has 0 spiro atoms. The van der Waals surface area contributed by atoms with Crippen molar-refractivity contribution in [1.82, 2.24) is 5.32 Å². The smallest absolute Gasteiger partial charge is 0.0101 e. The monoisotopic (exact) mass is 225 g/mol. The summed E-state index contributed by atoms with van der Waals surface area (Å²) in [5.74, 6) is 0. The van der Waals surface area contributed by atoms with Crippen LogP contribution in [0.5, 0.6) is 0 Å². The second kappa shape index (κ2) is 12.8. The van der Waals surface area contributed by atoms with Crippen LogP contribution < -0.4 is 5.32 Å². The summed E-state index contributed by atoms with van der Waals surface area (Å²) in [5.41, 5.74) is 0. The van der Waals surface area contributed by atoms with Crippen LogP contribution in [-0.2, 0) is 0 Å². The van der Waals surface area contributed by atoms with Gasteiger partial charge in [0.05, 0.1) is 0 Å².